The summed E-state index contributed by atoms with van der Waals surface area (Å²) >= 11 is 0. The van der Waals surface area contributed by atoms with Gasteiger partial charge in [-0.2, -0.15) is 0 Å². The van der Waals surface area contributed by atoms with Crippen LogP contribution in [0.5, 0.6) is 0 Å². The molecule has 152 valence electrons. The Kier molecular flexibility index (Phi) is 6.06. The van der Waals surface area contributed by atoms with Crippen molar-refractivity contribution in [1.29, 1.82) is 0 Å². The summed E-state index contributed by atoms with van der Waals surface area (Å²) in [5.41, 5.74) is -1.80. The molecule has 0 aromatic carbocycles. The summed E-state index contributed by atoms with van der Waals surface area (Å²) < 4.78 is 20.1. The van der Waals surface area contributed by atoms with Crippen LogP contribution in [0.3, 0.4) is 0 Å². The van der Waals surface area contributed by atoms with E-state index in [1.54, 1.807) is 13.2 Å². The number of nitrogens with zero attached hydrogens (tertiary/aromatic N) is 1. The van der Waals surface area contributed by atoms with Gasteiger partial charge in [0, 0.05) is 19.4 Å². The Hall–Kier alpha value is -1.48. The molecule has 1 saturated heterocycles. The fourth-order valence-electron chi connectivity index (χ4n) is 3.12. The molecule has 1 aliphatic heterocycles. The maximum absolute atomic E-state index is 12.3. The highest BCUT2D eigenvalue weighted by Gasteiger charge is 2.57. The summed E-state index contributed by atoms with van der Waals surface area (Å²) in [7, 11) is -0.577. The van der Waals surface area contributed by atoms with Gasteiger partial charge < -0.3 is 13.9 Å². The molecule has 4 atom stereocenters. The van der Waals surface area contributed by atoms with Gasteiger partial charge in [-0.25, -0.2) is 4.79 Å². The number of nitrogens with one attached hydrogen (secondary N) is 1. The van der Waals surface area contributed by atoms with Crippen molar-refractivity contribution in [2.24, 2.45) is 0 Å². The lowest BCUT2D eigenvalue weighted by Crippen LogP contribution is -2.53. The highest BCUT2D eigenvalue weighted by molar-refractivity contribution is 6.74. The van der Waals surface area contributed by atoms with Gasteiger partial charge in [0.1, 0.15) is 17.8 Å². The molecule has 8 heteroatoms. The number of aromatic amines is 1. The Morgan fingerprint density at radius 2 is 2.04 bits per heavy atom. The molecule has 0 amide bonds. The molecule has 0 bridgehead atoms. The van der Waals surface area contributed by atoms with E-state index in [2.05, 4.69) is 45.4 Å². The van der Waals surface area contributed by atoms with E-state index in [1.165, 1.54) is 16.8 Å². The van der Waals surface area contributed by atoms with E-state index in [-0.39, 0.29) is 5.04 Å². The van der Waals surface area contributed by atoms with Crippen molar-refractivity contribution in [2.75, 3.05) is 7.11 Å². The van der Waals surface area contributed by atoms with Gasteiger partial charge in [-0.3, -0.25) is 14.3 Å². The van der Waals surface area contributed by atoms with Crippen LogP contribution in [-0.2, 0) is 13.9 Å². The van der Waals surface area contributed by atoms with Gasteiger partial charge >= 0.3 is 5.69 Å². The van der Waals surface area contributed by atoms with E-state index in [0.29, 0.717) is 6.42 Å². The van der Waals surface area contributed by atoms with E-state index in [4.69, 9.17) is 13.9 Å². The van der Waals surface area contributed by atoms with Crippen molar-refractivity contribution in [2.45, 2.75) is 76.3 Å². The molecule has 1 fully saturated rings. The zero-order valence-corrected chi connectivity index (χ0v) is 18.4. The molecule has 1 aromatic rings. The second-order valence-electron chi connectivity index (χ2n) is 8.54. The van der Waals surface area contributed by atoms with Gasteiger partial charge in [0.15, 0.2) is 14.5 Å². The van der Waals surface area contributed by atoms with E-state index < -0.39 is 43.6 Å². The highest BCUT2D eigenvalue weighted by atomic mass is 28.4. The van der Waals surface area contributed by atoms with Crippen LogP contribution in [0.25, 0.3) is 0 Å². The minimum atomic E-state index is -2.16. The number of hydrogen-bond acceptors (Lipinski definition) is 5. The first-order valence-electron chi connectivity index (χ1n) is 9.26. The predicted octanol–water partition coefficient (Wildman–Crippen LogP) is 2.81. The van der Waals surface area contributed by atoms with E-state index in [0.717, 1.165) is 0 Å². The molecule has 1 N–H and O–H groups in total. The van der Waals surface area contributed by atoms with Crippen LogP contribution in [0.15, 0.2) is 34.5 Å². The first-order chi connectivity index (χ1) is 12.4. The number of ether oxygens (including phenoxy) is 2. The van der Waals surface area contributed by atoms with Crippen LogP contribution in [0.2, 0.25) is 18.1 Å². The van der Waals surface area contributed by atoms with Gasteiger partial charge in [0.25, 0.3) is 5.56 Å². The Balaban J connectivity index is 2.54. The Labute approximate surface area is 161 Å². The second kappa shape index (κ2) is 7.50. The quantitative estimate of drug-likeness (QED) is 0.591. The molecule has 1 aliphatic rings. The first kappa shape index (κ1) is 21.8. The topological polar surface area (TPSA) is 82.6 Å². The molecule has 1 unspecified atom stereocenters. The van der Waals surface area contributed by atoms with Gasteiger partial charge in [0.05, 0.1) is 0 Å². The highest BCUT2D eigenvalue weighted by Crippen LogP contribution is 2.47. The molecular formula is C19H32N2O5Si. The summed E-state index contributed by atoms with van der Waals surface area (Å²) in [6.45, 7) is 16.8. The standard InChI is InChI=1S/C19H32N2O5Si/c1-9-19(10-2)15(26-27(7,8)18(3,4)5)14(24-6)16(25-19)21-12-11-13(22)20-17(21)23/h9,11-12,14-16H,1,10H2,2-8H3,(H,20,22,23)/t14-,15?,16+,19+/m0/s1. The van der Waals surface area contributed by atoms with Gasteiger partial charge in [0.2, 0.25) is 0 Å². The second-order valence-corrected chi connectivity index (χ2v) is 13.3. The fraction of sp³-hybridized carbons (Fsp3) is 0.684. The van der Waals surface area contributed by atoms with Gasteiger partial charge in [-0.15, -0.1) is 6.58 Å². The average Bonchev–Trinajstić information content (AvgIpc) is 2.87. The van der Waals surface area contributed by atoms with E-state index in [1.807, 2.05) is 6.92 Å². The minimum absolute atomic E-state index is 0.00114. The van der Waals surface area contributed by atoms with E-state index >= 15 is 0 Å². The van der Waals surface area contributed by atoms with Crippen LogP contribution in [0.1, 0.15) is 40.3 Å². The largest absolute Gasteiger partial charge is 0.408 e. The average molecular weight is 397 g/mol. The summed E-state index contributed by atoms with van der Waals surface area (Å²) in [6, 6.07) is 1.29. The van der Waals surface area contributed by atoms with Crippen LogP contribution in [0, 0.1) is 0 Å². The normalized spacial score (nSPS) is 29.1. The Morgan fingerprint density at radius 1 is 1.41 bits per heavy atom. The van der Waals surface area contributed by atoms with Crippen molar-refractivity contribution in [3.63, 3.8) is 0 Å². The molecule has 0 aliphatic carbocycles. The maximum atomic E-state index is 12.3. The summed E-state index contributed by atoms with van der Waals surface area (Å²) in [5.74, 6) is 0. The van der Waals surface area contributed by atoms with Gasteiger partial charge in [-0.05, 0) is 24.6 Å². The zero-order chi connectivity index (χ0) is 20.6. The van der Waals surface area contributed by atoms with Crippen LogP contribution >= 0.6 is 0 Å². The lowest BCUT2D eigenvalue weighted by atomic mass is 9.92. The summed E-state index contributed by atoms with van der Waals surface area (Å²) in [5, 5.41) is -0.00114. The molecule has 0 radical (unpaired) electrons. The molecule has 0 spiro atoms. The molecule has 2 rings (SSSR count). The number of methoxy groups -OCH3 is 1. The third kappa shape index (κ3) is 3.89. The predicted molar refractivity (Wildman–Crippen MR) is 108 cm³/mol. The molecule has 1 aromatic heterocycles. The molecule has 7 nitrogen and oxygen atoms in total. The third-order valence-electron chi connectivity index (χ3n) is 5.92. The maximum Gasteiger partial charge on any atom is 0.330 e. The van der Waals surface area contributed by atoms with Crippen molar-refractivity contribution >= 4 is 8.32 Å². The van der Waals surface area contributed by atoms with Crippen molar-refractivity contribution in [3.8, 4) is 0 Å². The fourth-order valence-corrected chi connectivity index (χ4v) is 4.45. The monoisotopic (exact) mass is 396 g/mol. The number of hydrogen-bond donors (Lipinski definition) is 1. The van der Waals surface area contributed by atoms with Crippen LogP contribution in [-0.4, -0.2) is 42.8 Å². The minimum Gasteiger partial charge on any atom is -0.408 e. The summed E-state index contributed by atoms with van der Waals surface area (Å²) in [6.07, 6.45) is 2.11. The number of aromatic nitrogens is 2. The molecule has 27 heavy (non-hydrogen) atoms. The molecular weight excluding hydrogens is 364 g/mol. The van der Waals surface area contributed by atoms with Crippen molar-refractivity contribution in [3.05, 3.63) is 45.8 Å². The van der Waals surface area contributed by atoms with Crippen molar-refractivity contribution < 1.29 is 13.9 Å². The van der Waals surface area contributed by atoms with Gasteiger partial charge in [-0.1, -0.05) is 33.8 Å². The van der Waals surface area contributed by atoms with Crippen LogP contribution < -0.4 is 11.2 Å². The van der Waals surface area contributed by atoms with Crippen molar-refractivity contribution in [1.82, 2.24) is 9.55 Å². The SMILES string of the molecule is C=C[C@]1(CC)O[C@@H](n2ccc(=O)[nH]c2=O)[C@@H](OC)C1O[Si](C)(C)C(C)(C)C. The number of rotatable bonds is 6. The number of H-pyrrole nitrogens is 1. The first-order valence-corrected chi connectivity index (χ1v) is 12.2. The Bertz CT molecular complexity index is 794. The smallest absolute Gasteiger partial charge is 0.330 e. The van der Waals surface area contributed by atoms with Crippen LogP contribution in [0.4, 0.5) is 0 Å². The molecule has 0 saturated carbocycles. The Morgan fingerprint density at radius 3 is 2.48 bits per heavy atom. The lowest BCUT2D eigenvalue weighted by molar-refractivity contribution is -0.0803. The summed E-state index contributed by atoms with van der Waals surface area (Å²) in [4.78, 5) is 26.0. The zero-order valence-electron chi connectivity index (χ0n) is 17.4. The van der Waals surface area contributed by atoms with E-state index in [9.17, 15) is 9.59 Å². The third-order valence-corrected chi connectivity index (χ3v) is 10.4. The lowest BCUT2D eigenvalue weighted by Gasteiger charge is -2.43. The molecule has 2 heterocycles.